The van der Waals surface area contributed by atoms with Gasteiger partial charge in [0.2, 0.25) is 0 Å². The second kappa shape index (κ2) is 6.42. The molecule has 5 heteroatoms. The van der Waals surface area contributed by atoms with Crippen molar-refractivity contribution < 1.29 is 13.9 Å². The fourth-order valence-corrected chi connectivity index (χ4v) is 2.65. The number of fused-ring (bicyclic) bond motifs is 1. The largest absolute Gasteiger partial charge is 0.488 e. The molecule has 0 aliphatic carbocycles. The van der Waals surface area contributed by atoms with Crippen molar-refractivity contribution in [2.24, 2.45) is 0 Å². The second-order valence-electron chi connectivity index (χ2n) is 5.36. The molecule has 0 saturated heterocycles. The van der Waals surface area contributed by atoms with Crippen LogP contribution in [0, 0.1) is 5.82 Å². The topological polar surface area (TPSA) is 38.3 Å². The van der Waals surface area contributed by atoms with E-state index in [1.165, 1.54) is 6.07 Å². The van der Waals surface area contributed by atoms with Crippen LogP contribution < -0.4 is 10.1 Å². The fraction of sp³-hybridized carbons (Fsp3) is 0.167. The van der Waals surface area contributed by atoms with Gasteiger partial charge in [0.15, 0.2) is 0 Å². The van der Waals surface area contributed by atoms with E-state index < -0.39 is 6.04 Å². The van der Waals surface area contributed by atoms with E-state index in [-0.39, 0.29) is 18.3 Å². The molecule has 0 spiro atoms. The maximum atomic E-state index is 13.8. The van der Waals surface area contributed by atoms with Crippen LogP contribution in [0.4, 0.5) is 4.39 Å². The minimum atomic E-state index is -0.439. The summed E-state index contributed by atoms with van der Waals surface area (Å²) in [6.07, 6.45) is 1.74. The van der Waals surface area contributed by atoms with Gasteiger partial charge >= 0.3 is 0 Å². The van der Waals surface area contributed by atoms with Crippen LogP contribution in [0.5, 0.6) is 5.75 Å². The minimum Gasteiger partial charge on any atom is -0.488 e. The molecular weight excluding hydrogens is 317 g/mol. The Kier molecular flexibility index (Phi) is 4.35. The van der Waals surface area contributed by atoms with Gasteiger partial charge in [-0.05, 0) is 37.3 Å². The lowest BCUT2D eigenvalue weighted by Gasteiger charge is -2.20. The average Bonchev–Trinajstić information content (AvgIpc) is 2.54. The molecule has 3 rings (SSSR count). The third-order valence-electron chi connectivity index (χ3n) is 3.70. The van der Waals surface area contributed by atoms with E-state index in [0.717, 1.165) is 5.56 Å². The summed E-state index contributed by atoms with van der Waals surface area (Å²) in [5, 5.41) is 3.37. The monoisotopic (exact) mass is 331 g/mol. The molecule has 3 nitrogen and oxygen atoms in total. The molecule has 0 saturated carbocycles. The van der Waals surface area contributed by atoms with Gasteiger partial charge in [-0.1, -0.05) is 29.8 Å². The van der Waals surface area contributed by atoms with Gasteiger partial charge in [-0.15, -0.1) is 0 Å². The van der Waals surface area contributed by atoms with Crippen LogP contribution in [0.3, 0.4) is 0 Å². The summed E-state index contributed by atoms with van der Waals surface area (Å²) in [4.78, 5) is 12.4. The number of halogens is 2. The standard InChI is InChI=1S/C18H15ClFNO2/c1-11(15-4-2-3-5-16(15)20)21-18(22)13-8-12-9-14(19)6-7-17(12)23-10-13/h2-9,11H,10H2,1H3,(H,21,22)/t11-/m1/s1. The third-order valence-corrected chi connectivity index (χ3v) is 3.93. The molecule has 1 atom stereocenters. The smallest absolute Gasteiger partial charge is 0.251 e. The summed E-state index contributed by atoms with van der Waals surface area (Å²) in [5.74, 6) is 0.0609. The third kappa shape index (κ3) is 3.37. The number of benzene rings is 2. The highest BCUT2D eigenvalue weighted by molar-refractivity contribution is 6.30. The molecule has 118 valence electrons. The number of amides is 1. The Labute approximate surface area is 138 Å². The number of rotatable bonds is 3. The molecule has 23 heavy (non-hydrogen) atoms. The summed E-state index contributed by atoms with van der Waals surface area (Å²) in [6, 6.07) is 11.2. The molecule has 1 amide bonds. The molecule has 1 aliphatic rings. The summed E-state index contributed by atoms with van der Waals surface area (Å²) in [6.45, 7) is 1.91. The zero-order valence-corrected chi connectivity index (χ0v) is 13.2. The molecular formula is C18H15ClFNO2. The van der Waals surface area contributed by atoms with Gasteiger partial charge < -0.3 is 10.1 Å². The van der Waals surface area contributed by atoms with Crippen molar-refractivity contribution in [2.45, 2.75) is 13.0 Å². The SMILES string of the molecule is C[C@@H](NC(=O)C1=Cc2cc(Cl)ccc2OC1)c1ccccc1F. The quantitative estimate of drug-likeness (QED) is 0.918. The van der Waals surface area contributed by atoms with Crippen LogP contribution >= 0.6 is 11.6 Å². The summed E-state index contributed by atoms with van der Waals surface area (Å²) in [7, 11) is 0. The van der Waals surface area contributed by atoms with E-state index in [2.05, 4.69) is 5.32 Å². The number of ether oxygens (including phenoxy) is 1. The Morgan fingerprint density at radius 3 is 2.87 bits per heavy atom. The van der Waals surface area contributed by atoms with E-state index in [1.807, 2.05) is 0 Å². The van der Waals surface area contributed by atoms with Crippen LogP contribution in [0.15, 0.2) is 48.0 Å². The van der Waals surface area contributed by atoms with E-state index in [0.29, 0.717) is 21.9 Å². The van der Waals surface area contributed by atoms with Crippen molar-refractivity contribution in [1.29, 1.82) is 0 Å². The highest BCUT2D eigenvalue weighted by atomic mass is 35.5. The number of carbonyl (C=O) groups excluding carboxylic acids is 1. The molecule has 1 heterocycles. The van der Waals surface area contributed by atoms with E-state index >= 15 is 0 Å². The number of hydrogen-bond acceptors (Lipinski definition) is 2. The van der Waals surface area contributed by atoms with Crippen molar-refractivity contribution >= 4 is 23.6 Å². The Bertz CT molecular complexity index is 788. The van der Waals surface area contributed by atoms with Gasteiger partial charge in [0, 0.05) is 16.1 Å². The average molecular weight is 332 g/mol. The van der Waals surface area contributed by atoms with Crippen molar-refractivity contribution in [1.82, 2.24) is 5.32 Å². The fourth-order valence-electron chi connectivity index (χ4n) is 2.47. The van der Waals surface area contributed by atoms with E-state index in [1.54, 1.807) is 49.4 Å². The molecule has 1 N–H and O–H groups in total. The zero-order chi connectivity index (χ0) is 16.4. The van der Waals surface area contributed by atoms with Gasteiger partial charge in [-0.3, -0.25) is 4.79 Å². The first-order chi connectivity index (χ1) is 11.0. The molecule has 0 radical (unpaired) electrons. The van der Waals surface area contributed by atoms with Crippen LogP contribution in [0.2, 0.25) is 5.02 Å². The summed E-state index contributed by atoms with van der Waals surface area (Å²) >= 11 is 5.96. The van der Waals surface area contributed by atoms with Crippen LogP contribution in [0.1, 0.15) is 24.1 Å². The second-order valence-corrected chi connectivity index (χ2v) is 5.79. The molecule has 1 aliphatic heterocycles. The number of carbonyl (C=O) groups is 1. The van der Waals surface area contributed by atoms with Gasteiger partial charge in [0.05, 0.1) is 11.6 Å². The molecule has 0 fully saturated rings. The Morgan fingerprint density at radius 2 is 2.09 bits per heavy atom. The zero-order valence-electron chi connectivity index (χ0n) is 12.5. The highest BCUT2D eigenvalue weighted by Gasteiger charge is 2.20. The van der Waals surface area contributed by atoms with Crippen molar-refractivity contribution in [3.63, 3.8) is 0 Å². The van der Waals surface area contributed by atoms with Crippen LogP contribution in [0.25, 0.3) is 6.08 Å². The normalized spacial score (nSPS) is 14.3. The van der Waals surface area contributed by atoms with E-state index in [4.69, 9.17) is 16.3 Å². The first kappa shape index (κ1) is 15.6. The first-order valence-corrected chi connectivity index (χ1v) is 7.60. The maximum absolute atomic E-state index is 13.8. The Morgan fingerprint density at radius 1 is 1.30 bits per heavy atom. The van der Waals surface area contributed by atoms with Crippen molar-refractivity contribution in [2.75, 3.05) is 6.61 Å². The number of nitrogens with one attached hydrogen (secondary N) is 1. The summed E-state index contributed by atoms with van der Waals surface area (Å²) in [5.41, 5.74) is 1.68. The van der Waals surface area contributed by atoms with Gasteiger partial charge in [-0.2, -0.15) is 0 Å². The van der Waals surface area contributed by atoms with Crippen LogP contribution in [-0.2, 0) is 4.79 Å². The molecule has 2 aromatic carbocycles. The first-order valence-electron chi connectivity index (χ1n) is 7.23. The summed E-state index contributed by atoms with van der Waals surface area (Å²) < 4.78 is 19.3. The maximum Gasteiger partial charge on any atom is 0.251 e. The Balaban J connectivity index is 1.78. The minimum absolute atomic E-state index is 0.171. The van der Waals surface area contributed by atoms with Gasteiger partial charge in [-0.25, -0.2) is 4.39 Å². The van der Waals surface area contributed by atoms with Crippen molar-refractivity contribution in [3.8, 4) is 5.75 Å². The molecule has 2 aromatic rings. The van der Waals surface area contributed by atoms with Gasteiger partial charge in [0.1, 0.15) is 18.2 Å². The molecule has 0 aromatic heterocycles. The lowest BCUT2D eigenvalue weighted by Crippen LogP contribution is -2.31. The molecule has 0 bridgehead atoms. The number of hydrogen-bond donors (Lipinski definition) is 1. The predicted octanol–water partition coefficient (Wildman–Crippen LogP) is 4.13. The van der Waals surface area contributed by atoms with Crippen molar-refractivity contribution in [3.05, 3.63) is 70.0 Å². The van der Waals surface area contributed by atoms with Crippen LogP contribution in [-0.4, -0.2) is 12.5 Å². The lowest BCUT2D eigenvalue weighted by atomic mass is 10.0. The highest BCUT2D eigenvalue weighted by Crippen LogP contribution is 2.29. The Hall–Kier alpha value is -2.33. The van der Waals surface area contributed by atoms with Gasteiger partial charge in [0.25, 0.3) is 5.91 Å². The van der Waals surface area contributed by atoms with E-state index in [9.17, 15) is 9.18 Å². The molecule has 0 unspecified atom stereocenters. The lowest BCUT2D eigenvalue weighted by molar-refractivity contribution is -0.118. The predicted molar refractivity (Wildman–Crippen MR) is 87.9 cm³/mol.